The highest BCUT2D eigenvalue weighted by Crippen LogP contribution is 2.33. The number of rotatable bonds is 7. The molecule has 4 rings (SSSR count). The quantitative estimate of drug-likeness (QED) is 0.468. The van der Waals surface area contributed by atoms with Crippen molar-refractivity contribution < 1.29 is 22.8 Å². The van der Waals surface area contributed by atoms with Gasteiger partial charge in [0.2, 0.25) is 0 Å². The van der Waals surface area contributed by atoms with Crippen LogP contribution in [0.3, 0.4) is 0 Å². The number of hydrogen-bond donors (Lipinski definition) is 2. The maximum Gasteiger partial charge on any atom is 0.416 e. The monoisotopic (exact) mass is 502 g/mol. The van der Waals surface area contributed by atoms with Gasteiger partial charge in [-0.05, 0) is 56.7 Å². The van der Waals surface area contributed by atoms with Gasteiger partial charge in [-0.2, -0.15) is 13.2 Å². The van der Waals surface area contributed by atoms with Crippen molar-refractivity contribution in [2.75, 3.05) is 29.9 Å². The molecule has 1 aliphatic rings. The van der Waals surface area contributed by atoms with Gasteiger partial charge in [0.15, 0.2) is 0 Å². The van der Waals surface area contributed by atoms with Crippen LogP contribution in [0.4, 0.5) is 24.5 Å². The average Bonchev–Trinajstić information content (AvgIpc) is 3.44. The molecule has 1 fully saturated rings. The van der Waals surface area contributed by atoms with Crippen molar-refractivity contribution in [1.29, 1.82) is 0 Å². The zero-order chi connectivity index (χ0) is 25.2. The molecule has 1 saturated heterocycles. The van der Waals surface area contributed by atoms with Crippen LogP contribution < -0.4 is 15.5 Å². The first-order chi connectivity index (χ1) is 16.6. The molecular weight excluding hydrogens is 477 g/mol. The molecule has 1 atom stereocenters. The minimum absolute atomic E-state index is 0.117. The SMILES string of the molecule is CC(=O)CNC1CCN(c2ccc(NC(=O)c3sc(-c4ccc(C(F)(F)F)cc4)nc3C)cc2)C1. The Labute approximate surface area is 205 Å². The van der Waals surface area contributed by atoms with Gasteiger partial charge < -0.3 is 15.5 Å². The third kappa shape index (κ3) is 6.07. The van der Waals surface area contributed by atoms with Gasteiger partial charge in [0.25, 0.3) is 5.91 Å². The number of anilines is 2. The number of aromatic nitrogens is 1. The smallest absolute Gasteiger partial charge is 0.370 e. The van der Waals surface area contributed by atoms with Crippen molar-refractivity contribution in [1.82, 2.24) is 10.3 Å². The first-order valence-corrected chi connectivity index (χ1v) is 12.0. The van der Waals surface area contributed by atoms with E-state index >= 15 is 0 Å². The zero-order valence-corrected chi connectivity index (χ0v) is 20.1. The number of nitrogens with zero attached hydrogens (tertiary/aromatic N) is 2. The second-order valence-corrected chi connectivity index (χ2v) is 9.52. The van der Waals surface area contributed by atoms with Crippen LogP contribution in [-0.2, 0) is 11.0 Å². The lowest BCUT2D eigenvalue weighted by molar-refractivity contribution is -0.137. The molecule has 0 spiro atoms. The van der Waals surface area contributed by atoms with Gasteiger partial charge in [0.1, 0.15) is 15.7 Å². The molecule has 184 valence electrons. The summed E-state index contributed by atoms with van der Waals surface area (Å²) in [5, 5.41) is 6.61. The number of carbonyl (C=O) groups excluding carboxylic acids is 2. The molecule has 1 aromatic heterocycles. The molecular formula is C25H25F3N4O2S. The van der Waals surface area contributed by atoms with E-state index in [9.17, 15) is 22.8 Å². The highest BCUT2D eigenvalue weighted by atomic mass is 32.1. The zero-order valence-electron chi connectivity index (χ0n) is 19.3. The van der Waals surface area contributed by atoms with Crippen LogP contribution >= 0.6 is 11.3 Å². The van der Waals surface area contributed by atoms with Crippen molar-refractivity contribution in [3.8, 4) is 10.6 Å². The summed E-state index contributed by atoms with van der Waals surface area (Å²) in [5.74, 6) is -0.202. The van der Waals surface area contributed by atoms with E-state index in [-0.39, 0.29) is 17.7 Å². The molecule has 1 aliphatic heterocycles. The number of amides is 1. The van der Waals surface area contributed by atoms with Crippen LogP contribution in [0.2, 0.25) is 0 Å². The second kappa shape index (κ2) is 10.2. The summed E-state index contributed by atoms with van der Waals surface area (Å²) in [6, 6.07) is 12.6. The lowest BCUT2D eigenvalue weighted by Gasteiger charge is -2.19. The van der Waals surface area contributed by atoms with Crippen molar-refractivity contribution in [2.24, 2.45) is 0 Å². The van der Waals surface area contributed by atoms with E-state index in [1.54, 1.807) is 13.8 Å². The Morgan fingerprint density at radius 2 is 1.80 bits per heavy atom. The van der Waals surface area contributed by atoms with Gasteiger partial charge in [-0.1, -0.05) is 12.1 Å². The number of ketones is 1. The predicted octanol–water partition coefficient (Wildman–Crippen LogP) is 5.15. The average molecular weight is 503 g/mol. The number of carbonyl (C=O) groups is 2. The highest BCUT2D eigenvalue weighted by molar-refractivity contribution is 7.17. The van der Waals surface area contributed by atoms with Gasteiger partial charge in [0.05, 0.1) is 17.8 Å². The fourth-order valence-corrected chi connectivity index (χ4v) is 4.89. The van der Waals surface area contributed by atoms with E-state index in [0.717, 1.165) is 48.7 Å². The molecule has 3 aromatic rings. The summed E-state index contributed by atoms with van der Waals surface area (Å²) in [6.07, 6.45) is -3.45. The Hall–Kier alpha value is -3.24. The predicted molar refractivity (Wildman–Crippen MR) is 131 cm³/mol. The number of aryl methyl sites for hydroxylation is 1. The lowest BCUT2D eigenvalue weighted by Crippen LogP contribution is -2.35. The molecule has 35 heavy (non-hydrogen) atoms. The van der Waals surface area contributed by atoms with E-state index in [1.165, 1.54) is 12.1 Å². The molecule has 2 aromatic carbocycles. The van der Waals surface area contributed by atoms with Crippen molar-refractivity contribution in [3.63, 3.8) is 0 Å². The van der Waals surface area contributed by atoms with Crippen LogP contribution in [0.15, 0.2) is 48.5 Å². The Bertz CT molecular complexity index is 1210. The number of hydrogen-bond acceptors (Lipinski definition) is 6. The standard InChI is InChI=1S/C25H25F3N4O2S/c1-15(33)13-29-20-11-12-32(14-20)21-9-7-19(8-10-21)31-23(34)22-16(2)30-24(35-22)17-3-5-18(6-4-17)25(26,27)28/h3-10,20,29H,11-14H2,1-2H3,(H,31,34). The third-order valence-corrected chi connectivity index (χ3v) is 6.99. The summed E-state index contributed by atoms with van der Waals surface area (Å²) < 4.78 is 38.4. The van der Waals surface area contributed by atoms with E-state index in [2.05, 4.69) is 20.5 Å². The summed E-state index contributed by atoms with van der Waals surface area (Å²) in [7, 11) is 0. The van der Waals surface area contributed by atoms with E-state index < -0.39 is 11.7 Å². The molecule has 1 amide bonds. The molecule has 2 N–H and O–H groups in total. The number of Topliss-reactive ketones (excluding diaryl/α,β-unsaturated/α-hetero) is 1. The third-order valence-electron chi connectivity index (χ3n) is 5.78. The second-order valence-electron chi connectivity index (χ2n) is 8.52. The van der Waals surface area contributed by atoms with Crippen molar-refractivity contribution in [3.05, 3.63) is 64.7 Å². The lowest BCUT2D eigenvalue weighted by atomic mass is 10.1. The van der Waals surface area contributed by atoms with E-state index in [4.69, 9.17) is 0 Å². The van der Waals surface area contributed by atoms with Crippen LogP contribution in [0.25, 0.3) is 10.6 Å². The van der Waals surface area contributed by atoms with Gasteiger partial charge in [-0.25, -0.2) is 4.98 Å². The van der Waals surface area contributed by atoms with E-state index in [1.807, 2.05) is 24.3 Å². The Balaban J connectivity index is 1.39. The van der Waals surface area contributed by atoms with Crippen molar-refractivity contribution in [2.45, 2.75) is 32.5 Å². The first kappa shape index (κ1) is 24.9. The minimum Gasteiger partial charge on any atom is -0.370 e. The molecule has 10 heteroatoms. The van der Waals surface area contributed by atoms with E-state index in [0.29, 0.717) is 33.4 Å². The maximum atomic E-state index is 12.8. The summed E-state index contributed by atoms with van der Waals surface area (Å²) in [4.78, 5) is 31.0. The summed E-state index contributed by atoms with van der Waals surface area (Å²) in [5.41, 5.74) is 1.98. The Kier molecular flexibility index (Phi) is 7.23. The fraction of sp³-hybridized carbons (Fsp3) is 0.320. The normalized spacial score (nSPS) is 15.9. The molecule has 0 radical (unpaired) electrons. The number of thiazole rings is 1. The molecule has 0 bridgehead atoms. The highest BCUT2D eigenvalue weighted by Gasteiger charge is 2.30. The van der Waals surface area contributed by atoms with Crippen LogP contribution in [0, 0.1) is 6.92 Å². The number of halogens is 3. The molecule has 0 saturated carbocycles. The first-order valence-electron chi connectivity index (χ1n) is 11.1. The van der Waals surface area contributed by atoms with Gasteiger partial charge in [-0.3, -0.25) is 9.59 Å². The largest absolute Gasteiger partial charge is 0.416 e. The number of nitrogens with one attached hydrogen (secondary N) is 2. The minimum atomic E-state index is -4.40. The summed E-state index contributed by atoms with van der Waals surface area (Å²) >= 11 is 1.14. The van der Waals surface area contributed by atoms with Crippen LogP contribution in [0.5, 0.6) is 0 Å². The molecule has 1 unspecified atom stereocenters. The Morgan fingerprint density at radius 3 is 2.43 bits per heavy atom. The summed E-state index contributed by atoms with van der Waals surface area (Å²) in [6.45, 7) is 5.34. The molecule has 0 aliphatic carbocycles. The van der Waals surface area contributed by atoms with Crippen LogP contribution in [-0.4, -0.2) is 42.4 Å². The number of alkyl halides is 3. The molecule has 2 heterocycles. The van der Waals surface area contributed by atoms with Crippen LogP contribution in [0.1, 0.15) is 34.3 Å². The Morgan fingerprint density at radius 1 is 1.11 bits per heavy atom. The fourth-order valence-electron chi connectivity index (χ4n) is 3.93. The topological polar surface area (TPSA) is 74.3 Å². The van der Waals surface area contributed by atoms with Gasteiger partial charge in [-0.15, -0.1) is 11.3 Å². The molecule has 6 nitrogen and oxygen atoms in total. The van der Waals surface area contributed by atoms with Gasteiger partial charge in [0, 0.05) is 36.1 Å². The maximum absolute atomic E-state index is 12.8. The van der Waals surface area contributed by atoms with Gasteiger partial charge >= 0.3 is 6.18 Å². The van der Waals surface area contributed by atoms with Crippen molar-refractivity contribution >= 4 is 34.4 Å². The number of benzene rings is 2.